The van der Waals surface area contributed by atoms with E-state index in [0.717, 1.165) is 0 Å². The predicted molar refractivity (Wildman–Crippen MR) is 144 cm³/mol. The number of hydrogen-bond acceptors (Lipinski definition) is 0. The van der Waals surface area contributed by atoms with Crippen molar-refractivity contribution in [1.29, 1.82) is 0 Å². The first-order chi connectivity index (χ1) is 15.5. The molecule has 2 aromatic carbocycles. The van der Waals surface area contributed by atoms with Crippen molar-refractivity contribution in [3.63, 3.8) is 0 Å². The lowest BCUT2D eigenvalue weighted by Gasteiger charge is -2.23. The minimum atomic E-state index is 0.457. The van der Waals surface area contributed by atoms with Gasteiger partial charge in [-0.05, 0) is 83.0 Å². The first kappa shape index (κ1) is 26.7. The molecule has 32 heavy (non-hydrogen) atoms. The summed E-state index contributed by atoms with van der Waals surface area (Å²) in [6, 6.07) is 10.3. The van der Waals surface area contributed by atoms with E-state index in [4.69, 9.17) is 0 Å². The van der Waals surface area contributed by atoms with E-state index < -0.39 is 0 Å². The molecule has 0 radical (unpaired) electrons. The van der Waals surface area contributed by atoms with Crippen LogP contribution in [0.5, 0.6) is 0 Å². The van der Waals surface area contributed by atoms with E-state index >= 15 is 0 Å². The lowest BCUT2D eigenvalue weighted by molar-refractivity contribution is 0.801. The largest absolute Gasteiger partial charge is 0.0651 e. The topological polar surface area (TPSA) is 0 Å². The molecule has 0 N–H and O–H groups in total. The van der Waals surface area contributed by atoms with Crippen LogP contribution in [0.1, 0.15) is 137 Å². The molecular weight excluding hydrogens is 384 g/mol. The van der Waals surface area contributed by atoms with Gasteiger partial charge in [0.1, 0.15) is 0 Å². The SMILES string of the molecule is CCCc1cc(C(C)c2cc(CCC)c(CCC)c(CCC)c2)cc(CCC)c1CCC. The molecule has 0 nitrogen and oxygen atoms in total. The molecule has 2 aromatic rings. The van der Waals surface area contributed by atoms with Gasteiger partial charge in [-0.3, -0.25) is 0 Å². The van der Waals surface area contributed by atoms with Crippen LogP contribution in [0.25, 0.3) is 0 Å². The van der Waals surface area contributed by atoms with E-state index in [-0.39, 0.29) is 0 Å². The van der Waals surface area contributed by atoms with Gasteiger partial charge in [0.2, 0.25) is 0 Å². The number of aryl methyl sites for hydroxylation is 4. The van der Waals surface area contributed by atoms with Crippen LogP contribution in [0.4, 0.5) is 0 Å². The fourth-order valence-corrected chi connectivity index (χ4v) is 5.45. The molecule has 2 rings (SSSR count). The Morgan fingerprint density at radius 1 is 0.438 bits per heavy atom. The maximum absolute atomic E-state index is 2.57. The summed E-state index contributed by atoms with van der Waals surface area (Å²) >= 11 is 0. The third-order valence-electron chi connectivity index (χ3n) is 6.99. The molecule has 0 unspecified atom stereocenters. The molecule has 0 heteroatoms. The molecular formula is C32H50. The van der Waals surface area contributed by atoms with Crippen LogP contribution in [-0.4, -0.2) is 0 Å². The van der Waals surface area contributed by atoms with Crippen LogP contribution >= 0.6 is 0 Å². The Morgan fingerprint density at radius 2 is 0.688 bits per heavy atom. The van der Waals surface area contributed by atoms with Gasteiger partial charge in [-0.1, -0.05) is 111 Å². The van der Waals surface area contributed by atoms with Crippen LogP contribution in [0.3, 0.4) is 0 Å². The molecule has 0 aliphatic rings. The summed E-state index contributed by atoms with van der Waals surface area (Å²) in [6.45, 7) is 16.4. The van der Waals surface area contributed by atoms with E-state index in [1.165, 1.54) is 88.2 Å². The van der Waals surface area contributed by atoms with E-state index in [1.807, 2.05) is 0 Å². The Labute approximate surface area is 200 Å². The van der Waals surface area contributed by atoms with Crippen molar-refractivity contribution in [2.45, 2.75) is 131 Å². The van der Waals surface area contributed by atoms with Crippen molar-refractivity contribution < 1.29 is 0 Å². The maximum Gasteiger partial charge on any atom is 0.00614 e. The average Bonchev–Trinajstić information content (AvgIpc) is 2.78. The highest BCUT2D eigenvalue weighted by molar-refractivity contribution is 5.47. The summed E-state index contributed by atoms with van der Waals surface area (Å²) in [7, 11) is 0. The normalized spacial score (nSPS) is 11.5. The molecule has 0 bridgehead atoms. The van der Waals surface area contributed by atoms with Crippen LogP contribution in [-0.2, 0) is 38.5 Å². The second kappa shape index (κ2) is 13.9. The predicted octanol–water partition coefficient (Wildman–Crippen LogP) is 9.55. The minimum Gasteiger partial charge on any atom is -0.0651 e. The molecule has 0 atom stereocenters. The summed E-state index contributed by atoms with van der Waals surface area (Å²) in [5, 5.41) is 0. The first-order valence-corrected chi connectivity index (χ1v) is 13.8. The van der Waals surface area contributed by atoms with Crippen LogP contribution in [0.2, 0.25) is 0 Å². The zero-order valence-corrected chi connectivity index (χ0v) is 22.4. The van der Waals surface area contributed by atoms with E-state index in [9.17, 15) is 0 Å². The molecule has 0 aliphatic carbocycles. The molecule has 0 saturated heterocycles. The lowest BCUT2D eigenvalue weighted by atomic mass is 9.82. The van der Waals surface area contributed by atoms with Crippen molar-refractivity contribution in [3.05, 3.63) is 68.8 Å². The van der Waals surface area contributed by atoms with Gasteiger partial charge in [0.15, 0.2) is 0 Å². The fourth-order valence-electron chi connectivity index (χ4n) is 5.45. The number of hydrogen-bond donors (Lipinski definition) is 0. The monoisotopic (exact) mass is 434 g/mol. The van der Waals surface area contributed by atoms with Gasteiger partial charge in [-0.15, -0.1) is 0 Å². The Hall–Kier alpha value is -1.56. The Balaban J connectivity index is 2.60. The van der Waals surface area contributed by atoms with Crippen LogP contribution in [0, 0.1) is 0 Å². The van der Waals surface area contributed by atoms with Gasteiger partial charge >= 0.3 is 0 Å². The summed E-state index contributed by atoms with van der Waals surface area (Å²) < 4.78 is 0. The maximum atomic E-state index is 2.57. The Bertz CT molecular complexity index is 702. The van der Waals surface area contributed by atoms with E-state index in [0.29, 0.717) is 5.92 Å². The molecule has 0 spiro atoms. The minimum absolute atomic E-state index is 0.457. The summed E-state index contributed by atoms with van der Waals surface area (Å²) in [4.78, 5) is 0. The first-order valence-electron chi connectivity index (χ1n) is 13.8. The second-order valence-electron chi connectivity index (χ2n) is 9.86. The summed E-state index contributed by atoms with van der Waals surface area (Å²) in [5.41, 5.74) is 12.8. The highest BCUT2D eigenvalue weighted by Crippen LogP contribution is 2.33. The molecule has 0 amide bonds. The quantitative estimate of drug-likeness (QED) is 0.277. The molecule has 0 fully saturated rings. The standard InChI is InChI=1S/C32H50/c1-8-14-25-20-29(21-26(15-9-2)31(25)18-12-5)24(7)30-22-27(16-10-3)32(19-13-6)28(23-30)17-11-4/h20-24H,8-19H2,1-7H3. The average molecular weight is 435 g/mol. The van der Waals surface area contributed by atoms with Gasteiger partial charge in [0, 0.05) is 5.92 Å². The highest BCUT2D eigenvalue weighted by Gasteiger charge is 2.18. The van der Waals surface area contributed by atoms with Gasteiger partial charge < -0.3 is 0 Å². The molecule has 0 heterocycles. The summed E-state index contributed by atoms with van der Waals surface area (Å²) in [5.74, 6) is 0.457. The number of rotatable bonds is 14. The van der Waals surface area contributed by atoms with Crippen molar-refractivity contribution in [3.8, 4) is 0 Å². The Morgan fingerprint density at radius 3 is 0.906 bits per heavy atom. The summed E-state index contributed by atoms with van der Waals surface area (Å²) in [6.07, 6.45) is 14.7. The van der Waals surface area contributed by atoms with E-state index in [2.05, 4.69) is 72.7 Å². The molecule has 178 valence electrons. The highest BCUT2D eigenvalue weighted by atomic mass is 14.2. The molecule has 0 aromatic heterocycles. The molecule has 0 saturated carbocycles. The van der Waals surface area contributed by atoms with Crippen LogP contribution in [0.15, 0.2) is 24.3 Å². The van der Waals surface area contributed by atoms with Crippen LogP contribution < -0.4 is 0 Å². The smallest absolute Gasteiger partial charge is 0.00614 e. The zero-order chi connectivity index (χ0) is 23.5. The van der Waals surface area contributed by atoms with Crippen molar-refractivity contribution in [1.82, 2.24) is 0 Å². The van der Waals surface area contributed by atoms with Crippen molar-refractivity contribution in [2.24, 2.45) is 0 Å². The van der Waals surface area contributed by atoms with E-state index in [1.54, 1.807) is 33.4 Å². The van der Waals surface area contributed by atoms with Gasteiger partial charge in [-0.25, -0.2) is 0 Å². The van der Waals surface area contributed by atoms with Crippen molar-refractivity contribution in [2.75, 3.05) is 0 Å². The zero-order valence-electron chi connectivity index (χ0n) is 22.4. The third kappa shape index (κ3) is 6.72. The molecule has 0 aliphatic heterocycles. The number of benzene rings is 2. The van der Waals surface area contributed by atoms with Crippen molar-refractivity contribution >= 4 is 0 Å². The Kier molecular flexibility index (Phi) is 11.6. The second-order valence-corrected chi connectivity index (χ2v) is 9.86. The fraction of sp³-hybridized carbons (Fsp3) is 0.625. The van der Waals surface area contributed by atoms with Gasteiger partial charge in [0.05, 0.1) is 0 Å². The third-order valence-corrected chi connectivity index (χ3v) is 6.99. The lowest BCUT2D eigenvalue weighted by Crippen LogP contribution is -2.08. The van der Waals surface area contributed by atoms with Gasteiger partial charge in [0.25, 0.3) is 0 Å². The van der Waals surface area contributed by atoms with Gasteiger partial charge in [-0.2, -0.15) is 0 Å².